The lowest BCUT2D eigenvalue weighted by Gasteiger charge is -2.08. The highest BCUT2D eigenvalue weighted by Gasteiger charge is 2.15. The average Bonchev–Trinajstić information content (AvgIpc) is 3.14. The van der Waals surface area contributed by atoms with E-state index in [1.165, 1.54) is 47.8 Å². The van der Waals surface area contributed by atoms with E-state index >= 15 is 0 Å². The third-order valence-electron chi connectivity index (χ3n) is 4.40. The lowest BCUT2D eigenvalue weighted by atomic mass is 10.3. The van der Waals surface area contributed by atoms with Gasteiger partial charge in [0.15, 0.2) is 10.3 Å². The second-order valence-corrected chi connectivity index (χ2v) is 10.8. The second kappa shape index (κ2) is 11.8. The second-order valence-electron chi connectivity index (χ2n) is 7.16. The van der Waals surface area contributed by atoms with Gasteiger partial charge in [0.1, 0.15) is 5.82 Å². The fourth-order valence-electron chi connectivity index (χ4n) is 2.79. The van der Waals surface area contributed by atoms with Gasteiger partial charge in [-0.05, 0) is 44.2 Å². The summed E-state index contributed by atoms with van der Waals surface area (Å²) in [7, 11) is -1.86. The van der Waals surface area contributed by atoms with E-state index in [2.05, 4.69) is 30.2 Å². The highest BCUT2D eigenvalue weighted by molar-refractivity contribution is 7.99. The summed E-state index contributed by atoms with van der Waals surface area (Å²) < 4.78 is 28.2. The zero-order valence-corrected chi connectivity index (χ0v) is 21.3. The molecule has 14 heteroatoms. The maximum absolute atomic E-state index is 12.3. The van der Waals surface area contributed by atoms with Crippen LogP contribution in [0.4, 0.5) is 5.69 Å². The Morgan fingerprint density at radius 1 is 1.09 bits per heavy atom. The molecule has 0 atom stereocenters. The predicted octanol–water partition coefficient (Wildman–Crippen LogP) is 1.52. The van der Waals surface area contributed by atoms with Crippen LogP contribution in [0.25, 0.3) is 0 Å². The zero-order valence-electron chi connectivity index (χ0n) is 18.8. The van der Waals surface area contributed by atoms with Gasteiger partial charge in [-0.15, -0.1) is 10.2 Å². The lowest BCUT2D eigenvalue weighted by molar-refractivity contribution is -0.113. The van der Waals surface area contributed by atoms with Gasteiger partial charge < -0.3 is 15.0 Å². The van der Waals surface area contributed by atoms with Crippen LogP contribution in [0.2, 0.25) is 0 Å². The number of sulfonamides is 1. The number of anilines is 1. The molecule has 0 unspecified atom stereocenters. The van der Waals surface area contributed by atoms with Crippen LogP contribution in [-0.4, -0.2) is 63.1 Å². The summed E-state index contributed by atoms with van der Waals surface area (Å²) in [6.07, 6.45) is 0. The molecule has 0 fully saturated rings. The molecule has 3 aromatic rings. The summed E-state index contributed by atoms with van der Waals surface area (Å²) in [5.41, 5.74) is 2.28. The van der Waals surface area contributed by atoms with E-state index in [0.29, 0.717) is 21.8 Å². The number of nitrogens with one attached hydrogen (secondary N) is 2. The average molecular weight is 524 g/mol. The van der Waals surface area contributed by atoms with E-state index in [-0.39, 0.29) is 29.7 Å². The van der Waals surface area contributed by atoms with Gasteiger partial charge in [0, 0.05) is 30.7 Å². The Bertz CT molecular complexity index is 1230. The van der Waals surface area contributed by atoms with Gasteiger partial charge in [0.05, 0.1) is 23.0 Å². The molecule has 0 saturated heterocycles. The molecule has 2 heterocycles. The van der Waals surface area contributed by atoms with Gasteiger partial charge in [-0.3, -0.25) is 4.79 Å². The number of aliphatic hydroxyl groups is 1. The van der Waals surface area contributed by atoms with E-state index in [1.807, 2.05) is 31.5 Å². The SMILES string of the molecule is Cc1cc(C)nc(SCc2nnc(SCC(=O)Nc3ccc(S(=O)(=O)NCCO)cc3)n2C)n1. The van der Waals surface area contributed by atoms with Crippen molar-refractivity contribution in [3.05, 3.63) is 47.5 Å². The van der Waals surface area contributed by atoms with Gasteiger partial charge in [-0.25, -0.2) is 23.1 Å². The fourth-order valence-corrected chi connectivity index (χ4v) is 5.47. The van der Waals surface area contributed by atoms with Gasteiger partial charge in [0.2, 0.25) is 15.9 Å². The van der Waals surface area contributed by atoms with E-state index in [4.69, 9.17) is 5.11 Å². The first-order chi connectivity index (χ1) is 16.2. The maximum atomic E-state index is 12.3. The normalized spacial score (nSPS) is 11.5. The van der Waals surface area contributed by atoms with Crippen molar-refractivity contribution in [3.63, 3.8) is 0 Å². The fraction of sp³-hybridized carbons (Fsp3) is 0.350. The molecule has 0 radical (unpaired) electrons. The minimum atomic E-state index is -3.70. The van der Waals surface area contributed by atoms with Crippen LogP contribution in [0.1, 0.15) is 17.2 Å². The van der Waals surface area contributed by atoms with Crippen molar-refractivity contribution in [2.75, 3.05) is 24.2 Å². The van der Waals surface area contributed by atoms with Crippen molar-refractivity contribution in [3.8, 4) is 0 Å². The maximum Gasteiger partial charge on any atom is 0.240 e. The number of hydrogen-bond acceptors (Lipinski definition) is 10. The molecule has 2 aromatic heterocycles. The number of benzene rings is 1. The van der Waals surface area contributed by atoms with Crippen LogP contribution < -0.4 is 10.0 Å². The Balaban J connectivity index is 1.52. The van der Waals surface area contributed by atoms with Crippen LogP contribution in [0.5, 0.6) is 0 Å². The minimum absolute atomic E-state index is 0.0454. The van der Waals surface area contributed by atoms with E-state index < -0.39 is 10.0 Å². The number of carbonyl (C=O) groups excluding carboxylic acids is 1. The number of aliphatic hydroxyl groups excluding tert-OH is 1. The lowest BCUT2D eigenvalue weighted by Crippen LogP contribution is -2.26. The molecule has 3 N–H and O–H groups in total. The number of rotatable bonds is 11. The standard InChI is InChI=1S/C20H25N7O4S3/c1-13-10-14(2)23-19(22-13)32-11-17-25-26-20(27(17)3)33-12-18(29)24-15-4-6-16(7-5-15)34(30,31)21-8-9-28/h4-7,10,21,28H,8-9,11-12H2,1-3H3,(H,24,29). The van der Waals surface area contributed by atoms with Crippen molar-refractivity contribution in [2.24, 2.45) is 7.05 Å². The highest BCUT2D eigenvalue weighted by atomic mass is 32.2. The Labute approximate surface area is 206 Å². The molecule has 34 heavy (non-hydrogen) atoms. The van der Waals surface area contributed by atoms with Gasteiger partial charge >= 0.3 is 0 Å². The third-order valence-corrected chi connectivity index (χ3v) is 7.74. The molecular formula is C20H25N7O4S3. The first-order valence-corrected chi connectivity index (χ1v) is 13.6. The van der Waals surface area contributed by atoms with Crippen molar-refractivity contribution < 1.29 is 18.3 Å². The monoisotopic (exact) mass is 523 g/mol. The summed E-state index contributed by atoms with van der Waals surface area (Å²) in [5, 5.41) is 21.1. The molecule has 182 valence electrons. The first-order valence-electron chi connectivity index (χ1n) is 10.1. The largest absolute Gasteiger partial charge is 0.395 e. The molecule has 11 nitrogen and oxygen atoms in total. The topological polar surface area (TPSA) is 152 Å². The number of nitrogens with zero attached hydrogens (tertiary/aromatic N) is 5. The van der Waals surface area contributed by atoms with Crippen LogP contribution in [0.3, 0.4) is 0 Å². The smallest absolute Gasteiger partial charge is 0.240 e. The van der Waals surface area contributed by atoms with E-state index in [9.17, 15) is 13.2 Å². The first kappa shape index (κ1) is 26.1. The molecule has 0 aliphatic carbocycles. The molecule has 0 aliphatic heterocycles. The Hall–Kier alpha value is -2.52. The Morgan fingerprint density at radius 2 is 1.76 bits per heavy atom. The molecule has 3 rings (SSSR count). The number of amides is 1. The molecule has 1 aromatic carbocycles. The van der Waals surface area contributed by atoms with Gasteiger partial charge in [-0.1, -0.05) is 23.5 Å². The number of aromatic nitrogens is 5. The number of hydrogen-bond donors (Lipinski definition) is 3. The van der Waals surface area contributed by atoms with Crippen LogP contribution in [-0.2, 0) is 27.6 Å². The predicted molar refractivity (Wildman–Crippen MR) is 130 cm³/mol. The summed E-state index contributed by atoms with van der Waals surface area (Å²) in [6.45, 7) is 3.48. The molecular weight excluding hydrogens is 498 g/mol. The van der Waals surface area contributed by atoms with Gasteiger partial charge in [-0.2, -0.15) is 0 Å². The molecule has 0 saturated carbocycles. The Kier molecular flexibility index (Phi) is 9.02. The number of aryl methyl sites for hydroxylation is 2. The minimum Gasteiger partial charge on any atom is -0.395 e. The summed E-state index contributed by atoms with van der Waals surface area (Å²) in [4.78, 5) is 21.2. The van der Waals surface area contributed by atoms with Gasteiger partial charge in [0.25, 0.3) is 0 Å². The van der Waals surface area contributed by atoms with Crippen LogP contribution in [0.15, 0.2) is 45.5 Å². The summed E-state index contributed by atoms with van der Waals surface area (Å²) >= 11 is 2.71. The van der Waals surface area contributed by atoms with Crippen LogP contribution in [0, 0.1) is 13.8 Å². The molecule has 0 spiro atoms. The van der Waals surface area contributed by atoms with Crippen molar-refractivity contribution in [1.29, 1.82) is 0 Å². The van der Waals surface area contributed by atoms with Crippen molar-refractivity contribution in [1.82, 2.24) is 29.5 Å². The molecule has 1 amide bonds. The van der Waals surface area contributed by atoms with E-state index in [0.717, 1.165) is 17.2 Å². The number of carbonyl (C=O) groups is 1. The quantitative estimate of drug-likeness (QED) is 0.249. The summed E-state index contributed by atoms with van der Waals surface area (Å²) in [5.74, 6) is 1.13. The zero-order chi connectivity index (χ0) is 24.7. The Morgan fingerprint density at radius 3 is 2.41 bits per heavy atom. The molecule has 0 aliphatic rings. The van der Waals surface area contributed by atoms with E-state index in [1.54, 1.807) is 0 Å². The van der Waals surface area contributed by atoms with Crippen molar-refractivity contribution in [2.45, 2.75) is 34.8 Å². The molecule has 0 bridgehead atoms. The third kappa shape index (κ3) is 7.24. The van der Waals surface area contributed by atoms with Crippen LogP contribution >= 0.6 is 23.5 Å². The highest BCUT2D eigenvalue weighted by Crippen LogP contribution is 2.22. The number of thioether (sulfide) groups is 2. The van der Waals surface area contributed by atoms with Crippen molar-refractivity contribution >= 4 is 45.1 Å². The summed E-state index contributed by atoms with van der Waals surface area (Å²) in [6, 6.07) is 7.69.